The highest BCUT2D eigenvalue weighted by atomic mass is 35.5. The molecule has 0 spiro atoms. The van der Waals surface area contributed by atoms with Crippen LogP contribution >= 0.6 is 12.4 Å². The number of nitrogens with two attached hydrogens (primary N) is 1. The molecule has 1 saturated heterocycles. The number of nitrogens with zero attached hydrogens (tertiary/aromatic N) is 2. The van der Waals surface area contributed by atoms with Crippen LogP contribution in [-0.2, 0) is 10.2 Å². The maximum atomic E-state index is 12.0. The third kappa shape index (κ3) is 3.07. The van der Waals surface area contributed by atoms with Crippen molar-refractivity contribution in [2.24, 2.45) is 11.7 Å². The van der Waals surface area contributed by atoms with E-state index in [1.54, 1.807) is 11.4 Å². The van der Waals surface area contributed by atoms with Crippen LogP contribution in [0.5, 0.6) is 0 Å². The van der Waals surface area contributed by atoms with E-state index >= 15 is 0 Å². The quantitative estimate of drug-likeness (QED) is 0.798. The van der Waals surface area contributed by atoms with Gasteiger partial charge in [-0.05, 0) is 25.8 Å². The molecule has 98 valence electrons. The first-order valence-corrected chi connectivity index (χ1v) is 6.76. The zero-order chi connectivity index (χ0) is 11.6. The van der Waals surface area contributed by atoms with Gasteiger partial charge in [0.2, 0.25) is 0 Å². The molecule has 0 aromatic heterocycles. The van der Waals surface area contributed by atoms with Crippen molar-refractivity contribution >= 4 is 22.6 Å². The van der Waals surface area contributed by atoms with Gasteiger partial charge in [-0.2, -0.15) is 17.0 Å². The molecule has 1 aliphatic heterocycles. The van der Waals surface area contributed by atoms with Gasteiger partial charge in [0.1, 0.15) is 0 Å². The molecular formula is C9H22ClN3O2S. The second-order valence-corrected chi connectivity index (χ2v) is 6.17. The minimum Gasteiger partial charge on any atom is -0.330 e. The lowest BCUT2D eigenvalue weighted by Crippen LogP contribution is -2.43. The summed E-state index contributed by atoms with van der Waals surface area (Å²) in [6, 6.07) is 0.0672. The smallest absolute Gasteiger partial charge is 0.281 e. The van der Waals surface area contributed by atoms with E-state index < -0.39 is 10.2 Å². The predicted molar refractivity (Wildman–Crippen MR) is 67.8 cm³/mol. The summed E-state index contributed by atoms with van der Waals surface area (Å²) in [7, 11) is -1.66. The molecule has 0 aromatic carbocycles. The lowest BCUT2D eigenvalue weighted by molar-refractivity contribution is 0.357. The summed E-state index contributed by atoms with van der Waals surface area (Å²) < 4.78 is 27.0. The molecule has 1 fully saturated rings. The Morgan fingerprint density at radius 2 is 2.06 bits per heavy atom. The zero-order valence-corrected chi connectivity index (χ0v) is 11.7. The van der Waals surface area contributed by atoms with E-state index in [0.717, 1.165) is 6.42 Å². The van der Waals surface area contributed by atoms with Crippen LogP contribution in [0.25, 0.3) is 0 Å². The Morgan fingerprint density at radius 3 is 2.44 bits per heavy atom. The third-order valence-corrected chi connectivity index (χ3v) is 5.22. The minimum atomic E-state index is -3.27. The number of rotatable bonds is 4. The van der Waals surface area contributed by atoms with Gasteiger partial charge in [-0.15, -0.1) is 12.4 Å². The van der Waals surface area contributed by atoms with Crippen LogP contribution in [0.15, 0.2) is 0 Å². The second-order valence-electron chi connectivity index (χ2n) is 4.18. The molecule has 0 bridgehead atoms. The van der Waals surface area contributed by atoms with Crippen LogP contribution < -0.4 is 5.73 Å². The molecule has 1 rings (SSSR count). The fourth-order valence-electron chi connectivity index (χ4n) is 1.94. The molecule has 0 aliphatic carbocycles. The molecule has 0 radical (unpaired) electrons. The number of hydrogen-bond donors (Lipinski definition) is 1. The molecule has 1 heterocycles. The molecule has 2 unspecified atom stereocenters. The highest BCUT2D eigenvalue weighted by Gasteiger charge is 2.37. The second kappa shape index (κ2) is 6.16. The van der Waals surface area contributed by atoms with E-state index in [2.05, 4.69) is 0 Å². The van der Waals surface area contributed by atoms with E-state index in [1.807, 2.05) is 13.8 Å². The SMILES string of the molecule is CCN(C)S(=O)(=O)N1CC(CN)CC1C.Cl. The first-order valence-electron chi connectivity index (χ1n) is 5.36. The van der Waals surface area contributed by atoms with Gasteiger partial charge in [0.05, 0.1) is 0 Å². The Bertz CT molecular complexity index is 310. The van der Waals surface area contributed by atoms with Gasteiger partial charge in [0, 0.05) is 26.2 Å². The first-order chi connectivity index (χ1) is 6.93. The van der Waals surface area contributed by atoms with E-state index in [-0.39, 0.29) is 18.4 Å². The fraction of sp³-hybridized carbons (Fsp3) is 1.00. The van der Waals surface area contributed by atoms with Gasteiger partial charge < -0.3 is 5.73 Å². The summed E-state index contributed by atoms with van der Waals surface area (Å²) in [5.41, 5.74) is 5.58. The van der Waals surface area contributed by atoms with Crippen molar-refractivity contribution in [3.63, 3.8) is 0 Å². The summed E-state index contributed by atoms with van der Waals surface area (Å²) >= 11 is 0. The van der Waals surface area contributed by atoms with Crippen molar-refractivity contribution in [1.82, 2.24) is 8.61 Å². The van der Waals surface area contributed by atoms with Crippen molar-refractivity contribution < 1.29 is 8.42 Å². The zero-order valence-electron chi connectivity index (χ0n) is 10.1. The summed E-state index contributed by atoms with van der Waals surface area (Å²) in [6.45, 7) is 5.39. The average Bonchev–Trinajstić information content (AvgIpc) is 2.58. The monoisotopic (exact) mass is 271 g/mol. The summed E-state index contributed by atoms with van der Waals surface area (Å²) in [5.74, 6) is 0.306. The predicted octanol–water partition coefficient (Wildman–Crippen LogP) is 0.274. The molecule has 1 aliphatic rings. The molecule has 7 heteroatoms. The molecule has 16 heavy (non-hydrogen) atoms. The minimum absolute atomic E-state index is 0. The van der Waals surface area contributed by atoms with Crippen LogP contribution in [0.3, 0.4) is 0 Å². The Balaban J connectivity index is 0.00000225. The lowest BCUT2D eigenvalue weighted by atomic mass is 10.1. The fourth-order valence-corrected chi connectivity index (χ4v) is 3.57. The molecule has 0 aromatic rings. The van der Waals surface area contributed by atoms with Crippen LogP contribution in [0, 0.1) is 5.92 Å². The normalized spacial score (nSPS) is 27.1. The molecule has 5 nitrogen and oxygen atoms in total. The summed E-state index contributed by atoms with van der Waals surface area (Å²) in [6.07, 6.45) is 0.868. The third-order valence-electron chi connectivity index (χ3n) is 3.07. The molecule has 0 amide bonds. The number of hydrogen-bond acceptors (Lipinski definition) is 3. The standard InChI is InChI=1S/C9H21N3O2S.ClH/c1-4-11(3)15(13,14)12-7-9(6-10)5-8(12)2;/h8-9H,4-7,10H2,1-3H3;1H. The van der Waals surface area contributed by atoms with Crippen molar-refractivity contribution in [2.75, 3.05) is 26.7 Å². The Morgan fingerprint density at radius 1 is 1.50 bits per heavy atom. The molecular weight excluding hydrogens is 250 g/mol. The van der Waals surface area contributed by atoms with Crippen LogP contribution in [0.1, 0.15) is 20.3 Å². The number of halogens is 1. The Labute approximate surface area is 105 Å². The van der Waals surface area contributed by atoms with E-state index in [9.17, 15) is 8.42 Å². The van der Waals surface area contributed by atoms with Crippen molar-refractivity contribution in [2.45, 2.75) is 26.3 Å². The molecule has 2 N–H and O–H groups in total. The van der Waals surface area contributed by atoms with E-state index in [4.69, 9.17) is 5.73 Å². The van der Waals surface area contributed by atoms with Gasteiger partial charge in [-0.25, -0.2) is 0 Å². The van der Waals surface area contributed by atoms with E-state index in [1.165, 1.54) is 4.31 Å². The van der Waals surface area contributed by atoms with E-state index in [0.29, 0.717) is 25.6 Å². The van der Waals surface area contributed by atoms with Crippen LogP contribution in [-0.4, -0.2) is 49.8 Å². The van der Waals surface area contributed by atoms with Gasteiger partial charge in [0.15, 0.2) is 0 Å². The maximum absolute atomic E-state index is 12.0. The molecule has 2 atom stereocenters. The van der Waals surface area contributed by atoms with Crippen molar-refractivity contribution in [1.29, 1.82) is 0 Å². The lowest BCUT2D eigenvalue weighted by Gasteiger charge is -2.26. The topological polar surface area (TPSA) is 66.6 Å². The van der Waals surface area contributed by atoms with Gasteiger partial charge in [-0.3, -0.25) is 0 Å². The Hall–Kier alpha value is 0.120. The van der Waals surface area contributed by atoms with Crippen molar-refractivity contribution in [3.05, 3.63) is 0 Å². The summed E-state index contributed by atoms with van der Waals surface area (Å²) in [5, 5.41) is 0. The van der Waals surface area contributed by atoms with Crippen molar-refractivity contribution in [3.8, 4) is 0 Å². The van der Waals surface area contributed by atoms with Gasteiger partial charge in [-0.1, -0.05) is 6.92 Å². The Kier molecular flexibility index (Phi) is 6.21. The van der Waals surface area contributed by atoms with Crippen LogP contribution in [0.4, 0.5) is 0 Å². The average molecular weight is 272 g/mol. The van der Waals surface area contributed by atoms with Crippen LogP contribution in [0.2, 0.25) is 0 Å². The maximum Gasteiger partial charge on any atom is 0.281 e. The summed E-state index contributed by atoms with van der Waals surface area (Å²) in [4.78, 5) is 0. The highest BCUT2D eigenvalue weighted by molar-refractivity contribution is 7.86. The molecule has 0 saturated carbocycles. The van der Waals surface area contributed by atoms with Gasteiger partial charge >= 0.3 is 0 Å². The highest BCUT2D eigenvalue weighted by Crippen LogP contribution is 2.26. The first kappa shape index (κ1) is 16.1. The van der Waals surface area contributed by atoms with Gasteiger partial charge in [0.25, 0.3) is 10.2 Å². The largest absolute Gasteiger partial charge is 0.330 e.